The zero-order chi connectivity index (χ0) is 13.9. The van der Waals surface area contributed by atoms with Crippen molar-refractivity contribution in [3.05, 3.63) is 60.3 Å². The highest BCUT2D eigenvalue weighted by atomic mass is 16.5. The van der Waals surface area contributed by atoms with Crippen molar-refractivity contribution >= 4 is 16.6 Å². The number of hydrogen-bond acceptors (Lipinski definition) is 3. The summed E-state index contributed by atoms with van der Waals surface area (Å²) in [6, 6.07) is 15.7. The molecule has 0 spiro atoms. The van der Waals surface area contributed by atoms with E-state index >= 15 is 0 Å². The number of nitrogens with two attached hydrogens (primary N) is 1. The van der Waals surface area contributed by atoms with Crippen molar-refractivity contribution < 1.29 is 4.74 Å². The highest BCUT2D eigenvalue weighted by molar-refractivity contribution is 5.93. The van der Waals surface area contributed by atoms with Gasteiger partial charge in [0.15, 0.2) is 0 Å². The lowest BCUT2D eigenvalue weighted by Gasteiger charge is -2.10. The highest BCUT2D eigenvalue weighted by Gasteiger charge is 2.06. The molecule has 3 aromatic rings. The number of aryl methyl sites for hydroxylation is 1. The Morgan fingerprint density at radius 1 is 1.05 bits per heavy atom. The summed E-state index contributed by atoms with van der Waals surface area (Å²) in [6.45, 7) is 2.13. The van der Waals surface area contributed by atoms with Crippen LogP contribution in [0, 0.1) is 0 Å². The second kappa shape index (κ2) is 5.21. The molecule has 0 saturated heterocycles. The van der Waals surface area contributed by atoms with Gasteiger partial charge in [-0.3, -0.25) is 4.98 Å². The number of pyridine rings is 1. The number of anilines is 1. The molecule has 100 valence electrons. The minimum absolute atomic E-state index is 0.661. The number of rotatable bonds is 3. The first-order valence-electron chi connectivity index (χ1n) is 6.68. The summed E-state index contributed by atoms with van der Waals surface area (Å²) < 4.78 is 5.95. The molecule has 20 heavy (non-hydrogen) atoms. The first-order chi connectivity index (χ1) is 9.78. The van der Waals surface area contributed by atoms with E-state index in [-0.39, 0.29) is 0 Å². The van der Waals surface area contributed by atoms with Gasteiger partial charge in [-0.2, -0.15) is 0 Å². The van der Waals surface area contributed by atoms with Gasteiger partial charge in [0.2, 0.25) is 0 Å². The van der Waals surface area contributed by atoms with Gasteiger partial charge in [-0.15, -0.1) is 0 Å². The van der Waals surface area contributed by atoms with Crippen molar-refractivity contribution in [2.75, 3.05) is 5.73 Å². The standard InChI is InChI=1S/C17H16N2O/c1-2-12-6-8-13(9-7-12)20-16-10-11-19-17-14(16)4-3-5-15(17)18/h3-11H,2,18H2,1H3. The summed E-state index contributed by atoms with van der Waals surface area (Å²) in [6.07, 6.45) is 2.74. The number of hydrogen-bond donors (Lipinski definition) is 1. The molecule has 0 unspecified atom stereocenters. The highest BCUT2D eigenvalue weighted by Crippen LogP contribution is 2.31. The smallest absolute Gasteiger partial charge is 0.138 e. The van der Waals surface area contributed by atoms with Crippen LogP contribution >= 0.6 is 0 Å². The first kappa shape index (κ1) is 12.5. The van der Waals surface area contributed by atoms with E-state index in [1.807, 2.05) is 36.4 Å². The lowest BCUT2D eigenvalue weighted by molar-refractivity contribution is 0.487. The van der Waals surface area contributed by atoms with Crippen molar-refractivity contribution in [3.8, 4) is 11.5 Å². The van der Waals surface area contributed by atoms with Crippen LogP contribution in [0.2, 0.25) is 0 Å². The van der Waals surface area contributed by atoms with Crippen LogP contribution in [0.15, 0.2) is 54.7 Å². The van der Waals surface area contributed by atoms with E-state index < -0.39 is 0 Å². The van der Waals surface area contributed by atoms with Crippen molar-refractivity contribution in [1.82, 2.24) is 4.98 Å². The van der Waals surface area contributed by atoms with Crippen LogP contribution in [0.1, 0.15) is 12.5 Å². The van der Waals surface area contributed by atoms with Gasteiger partial charge in [-0.05, 0) is 42.3 Å². The van der Waals surface area contributed by atoms with Crippen molar-refractivity contribution in [2.24, 2.45) is 0 Å². The lowest BCUT2D eigenvalue weighted by atomic mass is 10.1. The van der Waals surface area contributed by atoms with Gasteiger partial charge in [-0.1, -0.05) is 25.1 Å². The molecular formula is C17H16N2O. The van der Waals surface area contributed by atoms with Crippen molar-refractivity contribution in [1.29, 1.82) is 0 Å². The molecular weight excluding hydrogens is 248 g/mol. The number of para-hydroxylation sites is 1. The second-order valence-electron chi connectivity index (χ2n) is 4.65. The molecule has 2 N–H and O–H groups in total. The molecule has 0 aliphatic heterocycles. The average molecular weight is 264 g/mol. The number of aromatic nitrogens is 1. The van der Waals surface area contributed by atoms with Crippen molar-refractivity contribution in [3.63, 3.8) is 0 Å². The van der Waals surface area contributed by atoms with E-state index in [4.69, 9.17) is 10.5 Å². The van der Waals surface area contributed by atoms with Crippen LogP contribution in [0.3, 0.4) is 0 Å². The fourth-order valence-corrected chi connectivity index (χ4v) is 2.18. The number of nitrogens with zero attached hydrogens (tertiary/aromatic N) is 1. The minimum atomic E-state index is 0.661. The lowest BCUT2D eigenvalue weighted by Crippen LogP contribution is -1.92. The van der Waals surface area contributed by atoms with Gasteiger partial charge in [-0.25, -0.2) is 0 Å². The molecule has 0 amide bonds. The van der Waals surface area contributed by atoms with Crippen LogP contribution in [-0.4, -0.2) is 4.98 Å². The van der Waals surface area contributed by atoms with Gasteiger partial charge in [0.25, 0.3) is 0 Å². The number of fused-ring (bicyclic) bond motifs is 1. The second-order valence-corrected chi connectivity index (χ2v) is 4.65. The van der Waals surface area contributed by atoms with Crippen LogP contribution < -0.4 is 10.5 Å². The van der Waals surface area contributed by atoms with Crippen LogP contribution in [-0.2, 0) is 6.42 Å². The molecule has 0 aliphatic carbocycles. The number of nitrogen functional groups attached to an aromatic ring is 1. The topological polar surface area (TPSA) is 48.1 Å². The Labute approximate surface area is 118 Å². The Morgan fingerprint density at radius 2 is 1.85 bits per heavy atom. The van der Waals surface area contributed by atoms with E-state index in [1.165, 1.54) is 5.56 Å². The number of ether oxygens (including phenoxy) is 1. The Kier molecular flexibility index (Phi) is 3.25. The fraction of sp³-hybridized carbons (Fsp3) is 0.118. The molecule has 3 heteroatoms. The van der Waals surface area contributed by atoms with Gasteiger partial charge >= 0.3 is 0 Å². The quantitative estimate of drug-likeness (QED) is 0.722. The summed E-state index contributed by atoms with van der Waals surface area (Å²) in [4.78, 5) is 4.31. The molecule has 2 aromatic carbocycles. The van der Waals surface area contributed by atoms with E-state index in [2.05, 4.69) is 24.0 Å². The molecule has 0 saturated carbocycles. The van der Waals surface area contributed by atoms with Gasteiger partial charge in [0, 0.05) is 11.6 Å². The summed E-state index contributed by atoms with van der Waals surface area (Å²) >= 11 is 0. The van der Waals surface area contributed by atoms with Crippen LogP contribution in [0.5, 0.6) is 11.5 Å². The summed E-state index contributed by atoms with van der Waals surface area (Å²) in [5.74, 6) is 1.59. The maximum absolute atomic E-state index is 5.95. The predicted molar refractivity (Wildman–Crippen MR) is 82.0 cm³/mol. The molecule has 0 fully saturated rings. The van der Waals surface area contributed by atoms with E-state index in [1.54, 1.807) is 6.20 Å². The molecule has 1 heterocycles. The Balaban J connectivity index is 1.99. The van der Waals surface area contributed by atoms with E-state index in [9.17, 15) is 0 Å². The van der Waals surface area contributed by atoms with Crippen molar-refractivity contribution in [2.45, 2.75) is 13.3 Å². The third-order valence-corrected chi connectivity index (χ3v) is 3.32. The Bertz CT molecular complexity index is 736. The van der Waals surface area contributed by atoms with E-state index in [0.29, 0.717) is 5.69 Å². The molecule has 3 rings (SSSR count). The molecule has 0 aliphatic rings. The predicted octanol–water partition coefficient (Wildman–Crippen LogP) is 4.17. The SMILES string of the molecule is CCc1ccc(Oc2ccnc3c(N)cccc23)cc1. The average Bonchev–Trinajstić information content (AvgIpc) is 2.49. The molecule has 0 atom stereocenters. The normalized spacial score (nSPS) is 10.7. The Morgan fingerprint density at radius 3 is 2.60 bits per heavy atom. The third-order valence-electron chi connectivity index (χ3n) is 3.32. The van der Waals surface area contributed by atoms with E-state index in [0.717, 1.165) is 28.8 Å². The number of benzene rings is 2. The summed E-state index contributed by atoms with van der Waals surface area (Å²) in [5.41, 5.74) is 8.67. The summed E-state index contributed by atoms with van der Waals surface area (Å²) in [5, 5.41) is 0.923. The van der Waals surface area contributed by atoms with Gasteiger partial charge in [0.05, 0.1) is 11.2 Å². The zero-order valence-corrected chi connectivity index (χ0v) is 11.3. The van der Waals surface area contributed by atoms with Gasteiger partial charge in [0.1, 0.15) is 11.5 Å². The minimum Gasteiger partial charge on any atom is -0.457 e. The van der Waals surface area contributed by atoms with Gasteiger partial charge < -0.3 is 10.5 Å². The first-order valence-corrected chi connectivity index (χ1v) is 6.68. The molecule has 3 nitrogen and oxygen atoms in total. The van der Waals surface area contributed by atoms with Crippen LogP contribution in [0.25, 0.3) is 10.9 Å². The maximum Gasteiger partial charge on any atom is 0.138 e. The third kappa shape index (κ3) is 2.30. The Hall–Kier alpha value is -2.55. The molecule has 0 radical (unpaired) electrons. The molecule has 1 aromatic heterocycles. The fourth-order valence-electron chi connectivity index (χ4n) is 2.18. The molecule has 0 bridgehead atoms. The zero-order valence-electron chi connectivity index (χ0n) is 11.3. The summed E-state index contributed by atoms with van der Waals surface area (Å²) in [7, 11) is 0. The van der Waals surface area contributed by atoms with Crippen LogP contribution in [0.4, 0.5) is 5.69 Å². The maximum atomic E-state index is 5.95. The monoisotopic (exact) mass is 264 g/mol. The largest absolute Gasteiger partial charge is 0.457 e.